The number of nitrogens with zero attached hydrogens (tertiary/aromatic N) is 1. The summed E-state index contributed by atoms with van der Waals surface area (Å²) < 4.78 is 5.89. The Bertz CT molecular complexity index is 928. The van der Waals surface area contributed by atoms with E-state index < -0.39 is 0 Å². The Kier molecular flexibility index (Phi) is 5.74. The van der Waals surface area contributed by atoms with E-state index in [-0.39, 0.29) is 5.43 Å². The third-order valence-electron chi connectivity index (χ3n) is 4.81. The van der Waals surface area contributed by atoms with Gasteiger partial charge in [0.25, 0.3) is 0 Å². The van der Waals surface area contributed by atoms with Crippen molar-refractivity contribution < 1.29 is 4.74 Å². The molecule has 0 unspecified atom stereocenters. The Labute approximate surface area is 154 Å². The fraction of sp³-hybridized carbons (Fsp3) is 0.318. The van der Waals surface area contributed by atoms with Gasteiger partial charge >= 0.3 is 0 Å². The molecule has 4 nitrogen and oxygen atoms in total. The van der Waals surface area contributed by atoms with Crippen molar-refractivity contribution in [3.8, 4) is 5.75 Å². The van der Waals surface area contributed by atoms with Crippen molar-refractivity contribution in [3.05, 3.63) is 75.6 Å². The normalized spacial score (nSPS) is 11.2. The molecule has 0 fully saturated rings. The van der Waals surface area contributed by atoms with Crippen molar-refractivity contribution in [1.29, 1.82) is 0 Å². The molecule has 0 aliphatic carbocycles. The predicted octanol–water partition coefficient (Wildman–Crippen LogP) is 4.26. The molecule has 0 bridgehead atoms. The van der Waals surface area contributed by atoms with E-state index >= 15 is 0 Å². The first-order valence-corrected chi connectivity index (χ1v) is 9.17. The highest BCUT2D eigenvalue weighted by molar-refractivity contribution is 5.81. The molecule has 136 valence electrons. The lowest BCUT2D eigenvalue weighted by Crippen LogP contribution is -2.27. The minimum absolute atomic E-state index is 0.0910. The Balaban J connectivity index is 1.91. The molecule has 1 heterocycles. The molecule has 1 N–H and O–H groups in total. The van der Waals surface area contributed by atoms with E-state index in [0.717, 1.165) is 35.4 Å². The van der Waals surface area contributed by atoms with E-state index in [1.54, 1.807) is 0 Å². The number of nitrogens with one attached hydrogen (secondary N) is 1. The van der Waals surface area contributed by atoms with Crippen LogP contribution in [0.4, 0.5) is 0 Å². The van der Waals surface area contributed by atoms with Gasteiger partial charge in [0.1, 0.15) is 12.4 Å². The van der Waals surface area contributed by atoms with Crippen LogP contribution >= 0.6 is 0 Å². The topological polar surface area (TPSA) is 45.3 Å². The van der Waals surface area contributed by atoms with Crippen LogP contribution in [0.5, 0.6) is 5.75 Å². The molecule has 0 saturated heterocycles. The lowest BCUT2D eigenvalue weighted by molar-refractivity contribution is 0.294. The molecule has 0 saturated carbocycles. The number of H-pyrrole nitrogens is 1. The second kappa shape index (κ2) is 8.19. The Morgan fingerprint density at radius 2 is 1.77 bits per heavy atom. The van der Waals surface area contributed by atoms with Crippen LogP contribution in [0.1, 0.15) is 30.7 Å². The van der Waals surface area contributed by atoms with Gasteiger partial charge in [0.05, 0.1) is 0 Å². The van der Waals surface area contributed by atoms with E-state index in [1.165, 1.54) is 0 Å². The third kappa shape index (κ3) is 3.97. The summed E-state index contributed by atoms with van der Waals surface area (Å²) in [7, 11) is 0. The molecular weight excluding hydrogens is 324 g/mol. The number of rotatable bonds is 7. The summed E-state index contributed by atoms with van der Waals surface area (Å²) in [5.74, 6) is 0.712. The molecule has 4 heteroatoms. The molecule has 3 aromatic rings. The zero-order valence-corrected chi connectivity index (χ0v) is 15.7. The van der Waals surface area contributed by atoms with Crippen LogP contribution in [0.15, 0.2) is 53.3 Å². The second-order valence-electron chi connectivity index (χ2n) is 6.50. The average Bonchev–Trinajstić information content (AvgIpc) is 2.67. The maximum Gasteiger partial charge on any atom is 0.194 e. The minimum atomic E-state index is 0.0910. The highest BCUT2D eigenvalue weighted by atomic mass is 16.5. The van der Waals surface area contributed by atoms with Gasteiger partial charge in [-0.3, -0.25) is 9.69 Å². The Morgan fingerprint density at radius 1 is 1.04 bits per heavy atom. The van der Waals surface area contributed by atoms with Gasteiger partial charge in [-0.2, -0.15) is 0 Å². The largest absolute Gasteiger partial charge is 0.489 e. The Hall–Kier alpha value is -2.59. The van der Waals surface area contributed by atoms with E-state index in [0.29, 0.717) is 24.3 Å². The van der Waals surface area contributed by atoms with Crippen LogP contribution in [0.2, 0.25) is 0 Å². The number of aryl methyl sites for hydroxylation is 1. The number of benzene rings is 2. The summed E-state index contributed by atoms with van der Waals surface area (Å²) in [6, 6.07) is 15.7. The first-order valence-electron chi connectivity index (χ1n) is 9.17. The lowest BCUT2D eigenvalue weighted by Gasteiger charge is -2.19. The van der Waals surface area contributed by atoms with Crippen molar-refractivity contribution in [3.63, 3.8) is 0 Å². The number of aromatic amines is 1. The summed E-state index contributed by atoms with van der Waals surface area (Å²) in [4.78, 5) is 18.7. The zero-order chi connectivity index (χ0) is 18.5. The van der Waals surface area contributed by atoms with Gasteiger partial charge in [-0.1, -0.05) is 44.2 Å². The SMILES string of the molecule is CCN(CC)Cc1c(C)[nH]c2ccc(OCc3ccccc3)cc2c1=O. The first-order chi connectivity index (χ1) is 12.6. The number of hydrogen-bond acceptors (Lipinski definition) is 3. The standard InChI is InChI=1S/C22H26N2O2/c1-4-24(5-2)14-20-16(3)23-21-12-11-18(13-19(21)22(20)25)26-15-17-9-7-6-8-10-17/h6-13H,4-5,14-15H2,1-3H3,(H,23,25). The lowest BCUT2D eigenvalue weighted by atomic mass is 10.1. The molecule has 0 spiro atoms. The maximum absolute atomic E-state index is 13.0. The first kappa shape index (κ1) is 18.2. The van der Waals surface area contributed by atoms with Crippen LogP contribution < -0.4 is 10.2 Å². The fourth-order valence-electron chi connectivity index (χ4n) is 3.12. The minimum Gasteiger partial charge on any atom is -0.489 e. The Morgan fingerprint density at radius 3 is 2.46 bits per heavy atom. The number of ether oxygens (including phenoxy) is 1. The van der Waals surface area contributed by atoms with Crippen LogP contribution in [0, 0.1) is 6.92 Å². The van der Waals surface area contributed by atoms with Gasteiger partial charge in [-0.25, -0.2) is 0 Å². The molecule has 2 aromatic carbocycles. The van der Waals surface area contributed by atoms with E-state index in [2.05, 4.69) is 23.7 Å². The second-order valence-corrected chi connectivity index (χ2v) is 6.50. The summed E-state index contributed by atoms with van der Waals surface area (Å²) in [5, 5.41) is 0.684. The average molecular weight is 350 g/mol. The van der Waals surface area contributed by atoms with Crippen molar-refractivity contribution in [1.82, 2.24) is 9.88 Å². The summed E-state index contributed by atoms with van der Waals surface area (Å²) in [5.41, 5.74) is 3.82. The van der Waals surface area contributed by atoms with Crippen molar-refractivity contribution in [2.45, 2.75) is 33.9 Å². The summed E-state index contributed by atoms with van der Waals surface area (Å²) in [6.45, 7) is 9.20. The monoisotopic (exact) mass is 350 g/mol. The van der Waals surface area contributed by atoms with E-state index in [9.17, 15) is 4.79 Å². The molecule has 1 aromatic heterocycles. The van der Waals surface area contributed by atoms with E-state index in [4.69, 9.17) is 4.74 Å². The predicted molar refractivity (Wildman–Crippen MR) is 107 cm³/mol. The quantitative estimate of drug-likeness (QED) is 0.692. The molecule has 0 aliphatic rings. The van der Waals surface area contributed by atoms with Crippen molar-refractivity contribution in [2.75, 3.05) is 13.1 Å². The van der Waals surface area contributed by atoms with E-state index in [1.807, 2.05) is 55.5 Å². The highest BCUT2D eigenvalue weighted by Gasteiger charge is 2.13. The smallest absolute Gasteiger partial charge is 0.194 e. The number of fused-ring (bicyclic) bond motifs is 1. The molecule has 0 aliphatic heterocycles. The zero-order valence-electron chi connectivity index (χ0n) is 15.7. The molecule has 26 heavy (non-hydrogen) atoms. The highest BCUT2D eigenvalue weighted by Crippen LogP contribution is 2.20. The van der Waals surface area contributed by atoms with Gasteiger partial charge in [-0.05, 0) is 43.8 Å². The molecule has 0 radical (unpaired) electrons. The van der Waals surface area contributed by atoms with Gasteiger partial charge in [0, 0.05) is 28.7 Å². The van der Waals surface area contributed by atoms with Crippen LogP contribution in [-0.2, 0) is 13.2 Å². The van der Waals surface area contributed by atoms with Crippen molar-refractivity contribution in [2.24, 2.45) is 0 Å². The fourth-order valence-corrected chi connectivity index (χ4v) is 3.12. The molecule has 3 rings (SSSR count). The summed E-state index contributed by atoms with van der Waals surface area (Å²) in [6.07, 6.45) is 0. The van der Waals surface area contributed by atoms with Gasteiger partial charge in [-0.15, -0.1) is 0 Å². The number of aromatic nitrogens is 1. The maximum atomic E-state index is 13.0. The van der Waals surface area contributed by atoms with Crippen LogP contribution in [0.3, 0.4) is 0 Å². The van der Waals surface area contributed by atoms with Gasteiger partial charge < -0.3 is 9.72 Å². The molecular formula is C22H26N2O2. The number of hydrogen-bond donors (Lipinski definition) is 1. The third-order valence-corrected chi connectivity index (χ3v) is 4.81. The molecule has 0 amide bonds. The molecule has 0 atom stereocenters. The van der Waals surface area contributed by atoms with Gasteiger partial charge in [0.15, 0.2) is 5.43 Å². The van der Waals surface area contributed by atoms with Crippen LogP contribution in [0.25, 0.3) is 10.9 Å². The van der Waals surface area contributed by atoms with Gasteiger partial charge in [0.2, 0.25) is 0 Å². The summed E-state index contributed by atoms with van der Waals surface area (Å²) >= 11 is 0. The van der Waals surface area contributed by atoms with Crippen LogP contribution in [-0.4, -0.2) is 23.0 Å². The number of pyridine rings is 1. The van der Waals surface area contributed by atoms with Crippen molar-refractivity contribution >= 4 is 10.9 Å².